The van der Waals surface area contributed by atoms with Crippen LogP contribution in [0.2, 0.25) is 0 Å². The third-order valence-electron chi connectivity index (χ3n) is 1.38. The van der Waals surface area contributed by atoms with E-state index in [0.29, 0.717) is 11.7 Å². The molecule has 0 bridgehead atoms. The second kappa shape index (κ2) is 3.09. The van der Waals surface area contributed by atoms with Crippen molar-refractivity contribution in [1.29, 1.82) is 0 Å². The number of rotatable bonds is 2. The van der Waals surface area contributed by atoms with Gasteiger partial charge in [0, 0.05) is 13.1 Å². The molecule has 0 saturated carbocycles. The molecule has 0 aliphatic carbocycles. The third-order valence-corrected chi connectivity index (χ3v) is 1.38. The lowest BCUT2D eigenvalue weighted by Crippen LogP contribution is -1.99. The van der Waals surface area contributed by atoms with Crippen molar-refractivity contribution in [2.24, 2.45) is 0 Å². The molecule has 1 aromatic heterocycles. The predicted octanol–water partition coefficient (Wildman–Crippen LogP) is 0.714. The summed E-state index contributed by atoms with van der Waals surface area (Å²) in [6.07, 6.45) is 0. The van der Waals surface area contributed by atoms with Gasteiger partial charge in [0.25, 0.3) is 0 Å². The zero-order valence-corrected chi connectivity index (χ0v) is 6.59. The summed E-state index contributed by atoms with van der Waals surface area (Å²) >= 11 is 0. The second-order valence-electron chi connectivity index (χ2n) is 2.04. The monoisotopic (exact) mass is 153 g/mol. The van der Waals surface area contributed by atoms with Crippen LogP contribution in [0.25, 0.3) is 0 Å². The highest BCUT2D eigenvalue weighted by molar-refractivity contribution is 5.61. The second-order valence-corrected chi connectivity index (χ2v) is 2.04. The maximum atomic E-state index is 5.55. The van der Waals surface area contributed by atoms with Crippen LogP contribution < -0.4 is 15.8 Å². The zero-order chi connectivity index (χ0) is 8.27. The first kappa shape index (κ1) is 7.65. The van der Waals surface area contributed by atoms with Gasteiger partial charge >= 0.3 is 0 Å². The minimum absolute atomic E-state index is 0.451. The van der Waals surface area contributed by atoms with Crippen LogP contribution >= 0.6 is 0 Å². The Morgan fingerprint density at radius 2 is 2.27 bits per heavy atom. The van der Waals surface area contributed by atoms with E-state index < -0.39 is 0 Å². The highest BCUT2D eigenvalue weighted by atomic mass is 16.5. The predicted molar refractivity (Wildman–Crippen MR) is 44.7 cm³/mol. The Morgan fingerprint density at radius 1 is 1.55 bits per heavy atom. The zero-order valence-electron chi connectivity index (χ0n) is 6.59. The molecule has 0 unspecified atom stereocenters. The first-order valence-corrected chi connectivity index (χ1v) is 3.26. The number of hydrogen-bond acceptors (Lipinski definition) is 4. The molecule has 0 aliphatic heterocycles. The van der Waals surface area contributed by atoms with E-state index in [9.17, 15) is 0 Å². The van der Waals surface area contributed by atoms with E-state index in [2.05, 4.69) is 10.3 Å². The molecular weight excluding hydrogens is 142 g/mol. The largest absolute Gasteiger partial charge is 0.481 e. The van der Waals surface area contributed by atoms with E-state index in [4.69, 9.17) is 10.5 Å². The Balaban J connectivity index is 2.99. The lowest BCUT2D eigenvalue weighted by Gasteiger charge is -2.04. The van der Waals surface area contributed by atoms with Crippen molar-refractivity contribution in [3.05, 3.63) is 12.1 Å². The van der Waals surface area contributed by atoms with Crippen LogP contribution in [-0.4, -0.2) is 19.1 Å². The summed E-state index contributed by atoms with van der Waals surface area (Å²) in [6.45, 7) is 0. The molecule has 0 saturated heterocycles. The van der Waals surface area contributed by atoms with Crippen LogP contribution in [-0.2, 0) is 0 Å². The minimum atomic E-state index is 0.451. The van der Waals surface area contributed by atoms with E-state index in [1.807, 2.05) is 6.07 Å². The molecule has 4 heteroatoms. The standard InChI is InChI=1S/C7H11N3O/c1-9-5-3-4-6(11-2)10-7(5)8/h3-4,9H,1-2H3,(H2,8,10). The van der Waals surface area contributed by atoms with Gasteiger partial charge in [0.1, 0.15) is 0 Å². The number of nitrogens with two attached hydrogens (primary N) is 1. The summed E-state index contributed by atoms with van der Waals surface area (Å²) in [7, 11) is 3.35. The maximum Gasteiger partial charge on any atom is 0.215 e. The summed E-state index contributed by atoms with van der Waals surface area (Å²) in [5.41, 5.74) is 6.36. The van der Waals surface area contributed by atoms with Gasteiger partial charge in [0.15, 0.2) is 5.82 Å². The number of nitrogens with zero attached hydrogens (tertiary/aromatic N) is 1. The maximum absolute atomic E-state index is 5.55. The number of methoxy groups -OCH3 is 1. The average Bonchev–Trinajstić information content (AvgIpc) is 2.04. The summed E-state index contributed by atoms with van der Waals surface area (Å²) < 4.78 is 4.88. The molecule has 0 atom stereocenters. The smallest absolute Gasteiger partial charge is 0.215 e. The quantitative estimate of drug-likeness (QED) is 0.657. The van der Waals surface area contributed by atoms with Gasteiger partial charge in [-0.1, -0.05) is 0 Å². The van der Waals surface area contributed by atoms with Gasteiger partial charge < -0.3 is 15.8 Å². The number of nitrogen functional groups attached to an aromatic ring is 1. The Morgan fingerprint density at radius 3 is 2.73 bits per heavy atom. The Bertz CT molecular complexity index is 249. The molecule has 11 heavy (non-hydrogen) atoms. The highest BCUT2D eigenvalue weighted by Crippen LogP contribution is 2.18. The fraction of sp³-hybridized carbons (Fsp3) is 0.286. The van der Waals surface area contributed by atoms with Gasteiger partial charge in [0.2, 0.25) is 5.88 Å². The average molecular weight is 153 g/mol. The fourth-order valence-corrected chi connectivity index (χ4v) is 0.781. The van der Waals surface area contributed by atoms with Crippen molar-refractivity contribution in [2.45, 2.75) is 0 Å². The molecule has 3 N–H and O–H groups in total. The molecule has 1 heterocycles. The van der Waals surface area contributed by atoms with Gasteiger partial charge in [-0.15, -0.1) is 0 Å². The van der Waals surface area contributed by atoms with E-state index >= 15 is 0 Å². The minimum Gasteiger partial charge on any atom is -0.481 e. The summed E-state index contributed by atoms with van der Waals surface area (Å²) in [5.74, 6) is 0.980. The molecule has 0 radical (unpaired) electrons. The van der Waals surface area contributed by atoms with E-state index in [0.717, 1.165) is 5.69 Å². The summed E-state index contributed by atoms with van der Waals surface area (Å²) in [4.78, 5) is 3.96. The number of aromatic nitrogens is 1. The molecule has 1 rings (SSSR count). The van der Waals surface area contributed by atoms with Gasteiger partial charge in [-0.2, -0.15) is 4.98 Å². The van der Waals surface area contributed by atoms with Crippen LogP contribution in [0.4, 0.5) is 11.5 Å². The number of anilines is 2. The molecule has 0 spiro atoms. The van der Waals surface area contributed by atoms with Crippen molar-refractivity contribution in [3.8, 4) is 5.88 Å². The number of hydrogen-bond donors (Lipinski definition) is 2. The normalized spacial score (nSPS) is 9.27. The Hall–Kier alpha value is -1.45. The van der Waals surface area contributed by atoms with E-state index in [1.54, 1.807) is 20.2 Å². The van der Waals surface area contributed by atoms with Crippen LogP contribution in [0.3, 0.4) is 0 Å². The van der Waals surface area contributed by atoms with Crippen LogP contribution in [0, 0.1) is 0 Å². The molecule has 0 aliphatic rings. The number of nitrogens with one attached hydrogen (secondary N) is 1. The van der Waals surface area contributed by atoms with Crippen molar-refractivity contribution in [1.82, 2.24) is 4.98 Å². The van der Waals surface area contributed by atoms with Crippen molar-refractivity contribution >= 4 is 11.5 Å². The van der Waals surface area contributed by atoms with E-state index in [1.165, 1.54) is 0 Å². The highest BCUT2D eigenvalue weighted by Gasteiger charge is 1.98. The van der Waals surface area contributed by atoms with E-state index in [-0.39, 0.29) is 0 Å². The summed E-state index contributed by atoms with van der Waals surface area (Å²) in [6, 6.07) is 3.57. The van der Waals surface area contributed by atoms with Crippen LogP contribution in [0.1, 0.15) is 0 Å². The first-order chi connectivity index (χ1) is 5.27. The van der Waals surface area contributed by atoms with Crippen LogP contribution in [0.15, 0.2) is 12.1 Å². The van der Waals surface area contributed by atoms with Crippen LogP contribution in [0.5, 0.6) is 5.88 Å². The third kappa shape index (κ3) is 1.52. The van der Waals surface area contributed by atoms with Crippen molar-refractivity contribution in [3.63, 3.8) is 0 Å². The molecule has 4 nitrogen and oxygen atoms in total. The molecular formula is C7H11N3O. The molecule has 1 aromatic rings. The van der Waals surface area contributed by atoms with Gasteiger partial charge in [-0.25, -0.2) is 0 Å². The first-order valence-electron chi connectivity index (χ1n) is 3.26. The SMILES string of the molecule is CNc1ccc(OC)nc1N. The lowest BCUT2D eigenvalue weighted by atomic mass is 10.4. The summed E-state index contributed by atoms with van der Waals surface area (Å²) in [5, 5.41) is 2.90. The molecule has 0 aromatic carbocycles. The topological polar surface area (TPSA) is 60.2 Å². The lowest BCUT2D eigenvalue weighted by molar-refractivity contribution is 0.399. The number of pyridine rings is 1. The van der Waals surface area contributed by atoms with Crippen molar-refractivity contribution in [2.75, 3.05) is 25.2 Å². The van der Waals surface area contributed by atoms with Crippen molar-refractivity contribution < 1.29 is 4.74 Å². The number of ether oxygens (including phenoxy) is 1. The van der Waals surface area contributed by atoms with Gasteiger partial charge in [-0.05, 0) is 6.07 Å². The molecule has 0 amide bonds. The van der Waals surface area contributed by atoms with Gasteiger partial charge in [-0.3, -0.25) is 0 Å². The fourth-order valence-electron chi connectivity index (χ4n) is 0.781. The molecule has 0 fully saturated rings. The Kier molecular flexibility index (Phi) is 2.15. The Labute approximate surface area is 65.4 Å². The molecule has 60 valence electrons. The van der Waals surface area contributed by atoms with Gasteiger partial charge in [0.05, 0.1) is 12.8 Å².